The number of rotatable bonds is 5. The van der Waals surface area contributed by atoms with Crippen molar-refractivity contribution in [1.82, 2.24) is 10.3 Å². The van der Waals surface area contributed by atoms with Crippen molar-refractivity contribution in [3.8, 4) is 5.75 Å². The molecule has 1 aliphatic heterocycles. The van der Waals surface area contributed by atoms with Crippen molar-refractivity contribution in [2.75, 3.05) is 19.8 Å². The molecule has 0 radical (unpaired) electrons. The minimum Gasteiger partial charge on any atom is -0.482 e. The second-order valence-corrected chi connectivity index (χ2v) is 5.14. The molecule has 116 valence electrons. The SMILES string of the molecule is CCc1nc(C)ccc1OCC(=O)N[C@@H]1COCC[C@H]1O. The van der Waals surface area contributed by atoms with Crippen LogP contribution >= 0.6 is 0 Å². The molecule has 1 saturated heterocycles. The van der Waals surface area contributed by atoms with Crippen molar-refractivity contribution >= 4 is 5.91 Å². The molecule has 6 heteroatoms. The molecule has 2 N–H and O–H groups in total. The van der Waals surface area contributed by atoms with Gasteiger partial charge in [-0.1, -0.05) is 6.92 Å². The van der Waals surface area contributed by atoms with Gasteiger partial charge in [-0.2, -0.15) is 0 Å². The van der Waals surface area contributed by atoms with Gasteiger partial charge < -0.3 is 19.9 Å². The van der Waals surface area contributed by atoms with E-state index in [0.29, 0.717) is 25.4 Å². The zero-order chi connectivity index (χ0) is 15.2. The highest BCUT2D eigenvalue weighted by Crippen LogP contribution is 2.17. The number of aryl methyl sites for hydroxylation is 2. The van der Waals surface area contributed by atoms with E-state index in [2.05, 4.69) is 10.3 Å². The summed E-state index contributed by atoms with van der Waals surface area (Å²) in [6.07, 6.45) is 0.719. The van der Waals surface area contributed by atoms with Gasteiger partial charge in [-0.15, -0.1) is 0 Å². The highest BCUT2D eigenvalue weighted by molar-refractivity contribution is 5.78. The first-order valence-electron chi connectivity index (χ1n) is 7.24. The normalized spacial score (nSPS) is 21.9. The van der Waals surface area contributed by atoms with Crippen molar-refractivity contribution < 1.29 is 19.4 Å². The fourth-order valence-corrected chi connectivity index (χ4v) is 2.24. The fraction of sp³-hybridized carbons (Fsp3) is 0.600. The topological polar surface area (TPSA) is 80.7 Å². The highest BCUT2D eigenvalue weighted by Gasteiger charge is 2.25. The average Bonchev–Trinajstić information content (AvgIpc) is 2.48. The van der Waals surface area contributed by atoms with Gasteiger partial charge in [0.2, 0.25) is 0 Å². The number of pyridine rings is 1. The molecule has 0 aromatic carbocycles. The summed E-state index contributed by atoms with van der Waals surface area (Å²) in [6.45, 7) is 4.67. The predicted octanol–water partition coefficient (Wildman–Crippen LogP) is 0.597. The van der Waals surface area contributed by atoms with Gasteiger partial charge in [0.05, 0.1) is 24.4 Å². The molecule has 0 aliphatic carbocycles. The van der Waals surface area contributed by atoms with E-state index in [1.54, 1.807) is 0 Å². The summed E-state index contributed by atoms with van der Waals surface area (Å²) < 4.78 is 10.8. The summed E-state index contributed by atoms with van der Waals surface area (Å²) in [6, 6.07) is 3.31. The lowest BCUT2D eigenvalue weighted by molar-refractivity contribution is -0.126. The Labute approximate surface area is 124 Å². The van der Waals surface area contributed by atoms with E-state index >= 15 is 0 Å². The van der Waals surface area contributed by atoms with Crippen LogP contribution in [-0.4, -0.2) is 48.0 Å². The number of nitrogens with one attached hydrogen (secondary N) is 1. The first-order chi connectivity index (χ1) is 10.1. The van der Waals surface area contributed by atoms with Crippen LogP contribution in [0.15, 0.2) is 12.1 Å². The zero-order valence-corrected chi connectivity index (χ0v) is 12.5. The van der Waals surface area contributed by atoms with E-state index in [1.165, 1.54) is 0 Å². The molecule has 2 rings (SSSR count). The first-order valence-corrected chi connectivity index (χ1v) is 7.24. The number of hydrogen-bond acceptors (Lipinski definition) is 5. The molecule has 2 atom stereocenters. The van der Waals surface area contributed by atoms with Gasteiger partial charge in [0.15, 0.2) is 6.61 Å². The van der Waals surface area contributed by atoms with Crippen LogP contribution in [0.4, 0.5) is 0 Å². The number of aliphatic hydroxyl groups excluding tert-OH is 1. The smallest absolute Gasteiger partial charge is 0.258 e. The van der Waals surface area contributed by atoms with Crippen molar-refractivity contribution in [3.05, 3.63) is 23.5 Å². The Morgan fingerprint density at radius 1 is 1.57 bits per heavy atom. The fourth-order valence-electron chi connectivity index (χ4n) is 2.24. The molecule has 0 unspecified atom stereocenters. The van der Waals surface area contributed by atoms with Crippen molar-refractivity contribution in [3.63, 3.8) is 0 Å². The molecule has 0 spiro atoms. The Kier molecular flexibility index (Phi) is 5.52. The number of ether oxygens (including phenoxy) is 2. The first kappa shape index (κ1) is 15.7. The van der Waals surface area contributed by atoms with E-state index in [0.717, 1.165) is 17.8 Å². The number of aromatic nitrogens is 1. The van der Waals surface area contributed by atoms with E-state index < -0.39 is 6.10 Å². The molecule has 1 aliphatic rings. The highest BCUT2D eigenvalue weighted by atomic mass is 16.5. The van der Waals surface area contributed by atoms with E-state index in [4.69, 9.17) is 9.47 Å². The van der Waals surface area contributed by atoms with Crippen molar-refractivity contribution in [2.45, 2.75) is 38.8 Å². The summed E-state index contributed by atoms with van der Waals surface area (Å²) in [5.74, 6) is 0.353. The Bertz CT molecular complexity index is 493. The number of hydrogen-bond donors (Lipinski definition) is 2. The summed E-state index contributed by atoms with van der Waals surface area (Å²) >= 11 is 0. The van der Waals surface area contributed by atoms with Gasteiger partial charge in [-0.25, -0.2) is 0 Å². The number of carbonyl (C=O) groups excluding carboxylic acids is 1. The van der Waals surface area contributed by atoms with Gasteiger partial charge in [0.25, 0.3) is 5.91 Å². The molecule has 1 aromatic rings. The molecule has 1 amide bonds. The lowest BCUT2D eigenvalue weighted by Gasteiger charge is -2.28. The molecule has 1 fully saturated rings. The zero-order valence-electron chi connectivity index (χ0n) is 12.5. The van der Waals surface area contributed by atoms with Gasteiger partial charge in [0.1, 0.15) is 5.75 Å². The van der Waals surface area contributed by atoms with E-state index in [-0.39, 0.29) is 18.6 Å². The number of aliphatic hydroxyl groups is 1. The minimum absolute atomic E-state index is 0.0963. The molecular formula is C15H22N2O4. The monoisotopic (exact) mass is 294 g/mol. The molecule has 6 nitrogen and oxygen atoms in total. The van der Waals surface area contributed by atoms with Crippen LogP contribution < -0.4 is 10.1 Å². The average molecular weight is 294 g/mol. The lowest BCUT2D eigenvalue weighted by Crippen LogP contribution is -2.50. The van der Waals surface area contributed by atoms with Gasteiger partial charge in [0, 0.05) is 12.3 Å². The van der Waals surface area contributed by atoms with Crippen LogP contribution in [0, 0.1) is 6.92 Å². The largest absolute Gasteiger partial charge is 0.482 e. The summed E-state index contributed by atoms with van der Waals surface area (Å²) in [7, 11) is 0. The Hall–Kier alpha value is -1.66. The van der Waals surface area contributed by atoms with Crippen molar-refractivity contribution in [1.29, 1.82) is 0 Å². The molecular weight excluding hydrogens is 272 g/mol. The van der Waals surface area contributed by atoms with Crippen LogP contribution in [0.25, 0.3) is 0 Å². The summed E-state index contributed by atoms with van der Waals surface area (Å²) in [5, 5.41) is 12.5. The van der Waals surface area contributed by atoms with Gasteiger partial charge in [-0.05, 0) is 31.9 Å². The van der Waals surface area contributed by atoms with E-state index in [1.807, 2.05) is 26.0 Å². The van der Waals surface area contributed by atoms with Crippen LogP contribution in [0.1, 0.15) is 24.7 Å². The predicted molar refractivity (Wildman–Crippen MR) is 77.2 cm³/mol. The van der Waals surface area contributed by atoms with E-state index in [9.17, 15) is 9.90 Å². The Morgan fingerprint density at radius 3 is 3.10 bits per heavy atom. The summed E-state index contributed by atoms with van der Waals surface area (Å²) in [5.41, 5.74) is 1.76. The number of carbonyl (C=O) groups is 1. The maximum absolute atomic E-state index is 11.9. The quantitative estimate of drug-likeness (QED) is 0.831. The Morgan fingerprint density at radius 2 is 2.38 bits per heavy atom. The third-order valence-electron chi connectivity index (χ3n) is 3.43. The maximum Gasteiger partial charge on any atom is 0.258 e. The molecule has 1 aromatic heterocycles. The second kappa shape index (κ2) is 7.38. The second-order valence-electron chi connectivity index (χ2n) is 5.14. The third kappa shape index (κ3) is 4.41. The van der Waals surface area contributed by atoms with Gasteiger partial charge >= 0.3 is 0 Å². The lowest BCUT2D eigenvalue weighted by atomic mass is 10.1. The molecule has 2 heterocycles. The van der Waals surface area contributed by atoms with Gasteiger partial charge in [-0.3, -0.25) is 9.78 Å². The minimum atomic E-state index is -0.560. The van der Waals surface area contributed by atoms with Crippen LogP contribution in [0.5, 0.6) is 5.75 Å². The maximum atomic E-state index is 11.9. The molecule has 21 heavy (non-hydrogen) atoms. The van der Waals surface area contributed by atoms with Crippen LogP contribution in [0.3, 0.4) is 0 Å². The standard InChI is InChI=1S/C15H22N2O4/c1-3-11-14(5-4-10(2)16-11)21-9-15(19)17-12-8-20-7-6-13(12)18/h4-5,12-13,18H,3,6-9H2,1-2H3,(H,17,19)/t12-,13-/m1/s1. The number of amides is 1. The molecule has 0 bridgehead atoms. The van der Waals surface area contributed by atoms with Crippen LogP contribution in [-0.2, 0) is 16.0 Å². The van der Waals surface area contributed by atoms with Crippen molar-refractivity contribution in [2.24, 2.45) is 0 Å². The van der Waals surface area contributed by atoms with Crippen LogP contribution in [0.2, 0.25) is 0 Å². The Balaban J connectivity index is 1.86. The number of nitrogens with zero attached hydrogens (tertiary/aromatic N) is 1. The summed E-state index contributed by atoms with van der Waals surface area (Å²) in [4.78, 5) is 16.3. The third-order valence-corrected chi connectivity index (χ3v) is 3.43. The molecule has 0 saturated carbocycles.